The number of benzene rings is 1. The third-order valence-electron chi connectivity index (χ3n) is 2.67. The fourth-order valence-corrected chi connectivity index (χ4v) is 2.58. The van der Waals surface area contributed by atoms with Crippen molar-refractivity contribution in [3.63, 3.8) is 0 Å². The predicted octanol–water partition coefficient (Wildman–Crippen LogP) is 0.650. The van der Waals surface area contributed by atoms with Crippen molar-refractivity contribution in [2.45, 2.75) is 19.9 Å². The van der Waals surface area contributed by atoms with Crippen LogP contribution in [-0.4, -0.2) is 33.9 Å². The Balaban J connectivity index is 2.53. The van der Waals surface area contributed by atoms with Gasteiger partial charge in [0, 0.05) is 6.54 Å². The maximum Gasteiger partial charge on any atom is 0.306 e. The smallest absolute Gasteiger partial charge is 0.306 e. The molecular formula is C13H20N2O5S. The lowest BCUT2D eigenvalue weighted by Crippen LogP contribution is -2.27. The molecule has 0 aromatic heterocycles. The Morgan fingerprint density at radius 2 is 2.10 bits per heavy atom. The SMILES string of the molecule is CCOC(=O)CCS(=O)(=O)NCc1ccc(OC)c(N)c1. The van der Waals surface area contributed by atoms with Gasteiger partial charge in [0.15, 0.2) is 0 Å². The normalized spacial score (nSPS) is 11.1. The summed E-state index contributed by atoms with van der Waals surface area (Å²) in [5, 5.41) is 0. The van der Waals surface area contributed by atoms with Gasteiger partial charge in [-0.25, -0.2) is 13.1 Å². The van der Waals surface area contributed by atoms with Gasteiger partial charge in [0.05, 0.1) is 31.6 Å². The van der Waals surface area contributed by atoms with Crippen LogP contribution < -0.4 is 15.2 Å². The number of sulfonamides is 1. The van der Waals surface area contributed by atoms with Gasteiger partial charge in [0.1, 0.15) is 5.75 Å². The van der Waals surface area contributed by atoms with Gasteiger partial charge >= 0.3 is 5.97 Å². The van der Waals surface area contributed by atoms with Crippen LogP contribution in [0.25, 0.3) is 0 Å². The number of carbonyl (C=O) groups excluding carboxylic acids is 1. The first-order valence-electron chi connectivity index (χ1n) is 6.43. The summed E-state index contributed by atoms with van der Waals surface area (Å²) in [7, 11) is -2.04. The molecule has 0 aliphatic carbocycles. The van der Waals surface area contributed by atoms with Crippen molar-refractivity contribution in [3.8, 4) is 5.75 Å². The van der Waals surface area contributed by atoms with Crippen molar-refractivity contribution in [2.75, 3.05) is 25.2 Å². The molecule has 0 heterocycles. The molecule has 0 unspecified atom stereocenters. The zero-order chi connectivity index (χ0) is 15.9. The van der Waals surface area contributed by atoms with Gasteiger partial charge in [0.25, 0.3) is 0 Å². The lowest BCUT2D eigenvalue weighted by Gasteiger charge is -2.09. The number of hydrogen-bond acceptors (Lipinski definition) is 6. The summed E-state index contributed by atoms with van der Waals surface area (Å²) in [6.45, 7) is 2.00. The van der Waals surface area contributed by atoms with E-state index in [1.807, 2.05) is 0 Å². The molecule has 0 bridgehead atoms. The molecule has 7 nitrogen and oxygen atoms in total. The first-order valence-corrected chi connectivity index (χ1v) is 8.08. The van der Waals surface area contributed by atoms with E-state index >= 15 is 0 Å². The van der Waals surface area contributed by atoms with Gasteiger partial charge in [0.2, 0.25) is 10.0 Å². The Labute approximate surface area is 124 Å². The van der Waals surface area contributed by atoms with Crippen molar-refractivity contribution in [2.24, 2.45) is 0 Å². The van der Waals surface area contributed by atoms with Crippen LogP contribution in [0.4, 0.5) is 5.69 Å². The molecule has 0 aliphatic rings. The van der Waals surface area contributed by atoms with Crippen LogP contribution in [0.2, 0.25) is 0 Å². The summed E-state index contributed by atoms with van der Waals surface area (Å²) in [6.07, 6.45) is -0.173. The minimum Gasteiger partial charge on any atom is -0.495 e. The van der Waals surface area contributed by atoms with Crippen molar-refractivity contribution in [1.82, 2.24) is 4.72 Å². The lowest BCUT2D eigenvalue weighted by molar-refractivity contribution is -0.142. The predicted molar refractivity (Wildman–Crippen MR) is 79.3 cm³/mol. The van der Waals surface area contributed by atoms with Crippen LogP contribution in [0.15, 0.2) is 18.2 Å². The zero-order valence-electron chi connectivity index (χ0n) is 12.1. The number of methoxy groups -OCH3 is 1. The van der Waals surface area contributed by atoms with E-state index in [0.29, 0.717) is 17.0 Å². The third kappa shape index (κ3) is 6.01. The van der Waals surface area contributed by atoms with Crippen LogP contribution in [0, 0.1) is 0 Å². The molecule has 0 fully saturated rings. The second-order valence-electron chi connectivity index (χ2n) is 4.27. The molecule has 0 saturated heterocycles. The average molecular weight is 316 g/mol. The van der Waals surface area contributed by atoms with Crippen LogP contribution in [0.3, 0.4) is 0 Å². The summed E-state index contributed by atoms with van der Waals surface area (Å²) >= 11 is 0. The van der Waals surface area contributed by atoms with E-state index < -0.39 is 16.0 Å². The molecule has 8 heteroatoms. The van der Waals surface area contributed by atoms with Crippen LogP contribution in [0.5, 0.6) is 5.75 Å². The molecule has 21 heavy (non-hydrogen) atoms. The quantitative estimate of drug-likeness (QED) is 0.538. The number of nitrogens with two attached hydrogens (primary N) is 1. The molecule has 0 spiro atoms. The number of nitrogen functional groups attached to an aromatic ring is 1. The van der Waals surface area contributed by atoms with Crippen molar-refractivity contribution in [1.29, 1.82) is 0 Å². The highest BCUT2D eigenvalue weighted by Gasteiger charge is 2.14. The second kappa shape index (κ2) is 7.84. The van der Waals surface area contributed by atoms with Gasteiger partial charge in [-0.3, -0.25) is 4.79 Å². The van der Waals surface area contributed by atoms with Crippen LogP contribution >= 0.6 is 0 Å². The van der Waals surface area contributed by atoms with E-state index in [1.165, 1.54) is 7.11 Å². The van der Waals surface area contributed by atoms with E-state index in [1.54, 1.807) is 25.1 Å². The Morgan fingerprint density at radius 1 is 1.38 bits per heavy atom. The number of nitrogens with one attached hydrogen (secondary N) is 1. The Kier molecular flexibility index (Phi) is 6.44. The largest absolute Gasteiger partial charge is 0.495 e. The van der Waals surface area contributed by atoms with E-state index in [0.717, 1.165) is 0 Å². The van der Waals surface area contributed by atoms with Crippen molar-refractivity contribution in [3.05, 3.63) is 23.8 Å². The molecule has 118 valence electrons. The third-order valence-corrected chi connectivity index (χ3v) is 4.00. The Bertz CT molecular complexity index is 586. The first-order chi connectivity index (χ1) is 9.88. The highest BCUT2D eigenvalue weighted by atomic mass is 32.2. The minimum atomic E-state index is -3.54. The molecule has 0 atom stereocenters. The monoisotopic (exact) mass is 316 g/mol. The Morgan fingerprint density at radius 3 is 2.67 bits per heavy atom. The van der Waals surface area contributed by atoms with Gasteiger partial charge in [-0.1, -0.05) is 6.07 Å². The maximum atomic E-state index is 11.7. The van der Waals surface area contributed by atoms with Gasteiger partial charge in [-0.05, 0) is 24.6 Å². The highest BCUT2D eigenvalue weighted by molar-refractivity contribution is 7.89. The summed E-state index contributed by atoms with van der Waals surface area (Å²) < 4.78 is 35.6. The molecule has 3 N–H and O–H groups in total. The minimum absolute atomic E-state index is 0.0966. The van der Waals surface area contributed by atoms with E-state index in [-0.39, 0.29) is 25.3 Å². The fourth-order valence-electron chi connectivity index (χ4n) is 1.61. The topological polar surface area (TPSA) is 108 Å². The molecule has 0 amide bonds. The number of rotatable bonds is 8. The van der Waals surface area contributed by atoms with Crippen molar-refractivity contribution < 1.29 is 22.7 Å². The maximum absolute atomic E-state index is 11.7. The fraction of sp³-hybridized carbons (Fsp3) is 0.462. The first kappa shape index (κ1) is 17.3. The lowest BCUT2D eigenvalue weighted by atomic mass is 10.2. The number of anilines is 1. The van der Waals surface area contributed by atoms with Gasteiger partial charge in [-0.15, -0.1) is 0 Å². The molecule has 0 aliphatic heterocycles. The molecular weight excluding hydrogens is 296 g/mol. The number of esters is 1. The molecule has 0 radical (unpaired) electrons. The van der Waals surface area contributed by atoms with E-state index in [2.05, 4.69) is 9.46 Å². The summed E-state index contributed by atoms with van der Waals surface area (Å²) in [4.78, 5) is 11.1. The molecule has 0 saturated carbocycles. The van der Waals surface area contributed by atoms with Gasteiger partial charge < -0.3 is 15.2 Å². The zero-order valence-corrected chi connectivity index (χ0v) is 12.9. The average Bonchev–Trinajstić information content (AvgIpc) is 2.44. The number of ether oxygens (including phenoxy) is 2. The van der Waals surface area contributed by atoms with Crippen LogP contribution in [0.1, 0.15) is 18.9 Å². The highest BCUT2D eigenvalue weighted by Crippen LogP contribution is 2.21. The number of carbonyl (C=O) groups is 1. The summed E-state index contributed by atoms with van der Waals surface area (Å²) in [6, 6.07) is 5.01. The van der Waals surface area contributed by atoms with E-state index in [4.69, 9.17) is 10.5 Å². The Hall–Kier alpha value is -1.80. The summed E-state index contributed by atoms with van der Waals surface area (Å²) in [5.74, 6) is -0.308. The summed E-state index contributed by atoms with van der Waals surface area (Å²) in [5.41, 5.74) is 6.87. The van der Waals surface area contributed by atoms with Gasteiger partial charge in [-0.2, -0.15) is 0 Å². The second-order valence-corrected chi connectivity index (χ2v) is 6.20. The number of hydrogen-bond donors (Lipinski definition) is 2. The van der Waals surface area contributed by atoms with Crippen LogP contribution in [-0.2, 0) is 26.1 Å². The molecule has 1 aromatic carbocycles. The molecule has 1 aromatic rings. The standard InChI is InChI=1S/C13H20N2O5S/c1-3-20-13(16)6-7-21(17,18)15-9-10-4-5-12(19-2)11(14)8-10/h4-5,8,15H,3,6-7,9,14H2,1-2H3. The van der Waals surface area contributed by atoms with E-state index in [9.17, 15) is 13.2 Å². The van der Waals surface area contributed by atoms with Crippen molar-refractivity contribution >= 4 is 21.7 Å². The molecule has 1 rings (SSSR count).